The van der Waals surface area contributed by atoms with Crippen LogP contribution in [0.1, 0.15) is 150 Å². The molecule has 2 fully saturated rings. The second-order valence-electron chi connectivity index (χ2n) is 25.9. The van der Waals surface area contributed by atoms with Gasteiger partial charge < -0.3 is 74.0 Å². The SMILES string of the molecule is CC[C@H](C)[C@H](NC(=O)[C@H](CCCN=C(N)N)NC(=O)[C@H](CC(=O)O)NC(=O)[C@H](CC(C)C)N(C)C(=O)[C@@H]1C[C@@H](O)CN1C(=O)[C@H](CC(C)C)NC(=O)[C@@H](CC(C)C)NC(=O)[C@H](Cc1ccccc1)NC(=O)[C@H]1CCCN(C(=O)CCCCc2ccccc2)C1)C(N)=O. The molecule has 92 heavy (non-hydrogen) atoms. The molecule has 0 bridgehead atoms. The summed E-state index contributed by atoms with van der Waals surface area (Å²) in [7, 11) is 1.30. The first kappa shape index (κ1) is 76.3. The Morgan fingerprint density at radius 3 is 1.79 bits per heavy atom. The molecule has 2 aromatic rings. The maximum Gasteiger partial charge on any atom is 0.305 e. The number of unbranched alkanes of at least 4 members (excludes halogenated alkanes) is 1. The van der Waals surface area contributed by atoms with Gasteiger partial charge in [-0.2, -0.15) is 0 Å². The number of guanidine groups is 1. The van der Waals surface area contributed by atoms with E-state index in [1.54, 1.807) is 44.7 Å². The third kappa shape index (κ3) is 25.1. The van der Waals surface area contributed by atoms with Crippen molar-refractivity contribution in [3.63, 3.8) is 0 Å². The minimum atomic E-state index is -1.81. The lowest BCUT2D eigenvalue weighted by atomic mass is 9.95. The molecule has 510 valence electrons. The van der Waals surface area contributed by atoms with E-state index in [9.17, 15) is 63.0 Å². The Morgan fingerprint density at radius 1 is 0.652 bits per heavy atom. The van der Waals surface area contributed by atoms with Gasteiger partial charge in [0.15, 0.2) is 5.96 Å². The molecule has 0 aromatic heterocycles. The van der Waals surface area contributed by atoms with Crippen LogP contribution in [0.15, 0.2) is 65.7 Å². The Hall–Kier alpha value is -8.16. The normalized spacial score (nSPS) is 18.2. The van der Waals surface area contributed by atoms with E-state index < -0.39 is 132 Å². The van der Waals surface area contributed by atoms with E-state index in [1.165, 1.54) is 12.6 Å². The Labute approximate surface area is 541 Å². The molecule has 26 heteroatoms. The summed E-state index contributed by atoms with van der Waals surface area (Å²) >= 11 is 0. The summed E-state index contributed by atoms with van der Waals surface area (Å²) in [6.07, 6.45) is 2.13. The van der Waals surface area contributed by atoms with Gasteiger partial charge in [-0.25, -0.2) is 0 Å². The van der Waals surface area contributed by atoms with E-state index in [4.69, 9.17) is 17.2 Å². The molecular weight excluding hydrogens is 1180 g/mol. The number of carboxylic acid groups (broad SMARTS) is 1. The van der Waals surface area contributed by atoms with Crippen LogP contribution in [-0.4, -0.2) is 184 Å². The van der Waals surface area contributed by atoms with Crippen molar-refractivity contribution in [2.24, 2.45) is 51.8 Å². The Balaban J connectivity index is 1.54. The predicted octanol–water partition coefficient (Wildman–Crippen LogP) is 1.78. The first-order chi connectivity index (χ1) is 43.5. The Bertz CT molecular complexity index is 2820. The highest BCUT2D eigenvalue weighted by atomic mass is 16.4. The van der Waals surface area contributed by atoms with Gasteiger partial charge in [0.1, 0.15) is 48.3 Å². The minimum Gasteiger partial charge on any atom is -0.481 e. The number of aliphatic hydroxyl groups is 1. The Kier molecular flexibility index (Phi) is 31.5. The highest BCUT2D eigenvalue weighted by Gasteiger charge is 2.46. The standard InChI is InChI=1S/C66H103N13O13/c1-10-42(8)56(57(67)84)76-59(86)47(27-19-29-70-66(68)69)71-62(89)50(36-55(82)83)74-63(90)52(33-41(6)7)77(9)65(92)53-35-46(80)38-79(53)64(91)51(32-40(4)5)75-60(87)48(31-39(2)3)73-61(88)49(34-44-24-15-12-16-25-44)72-58(85)45-26-20-30-78(37-45)54(81)28-18-17-23-43-21-13-11-14-22-43/h11-16,21-22,24-25,39-42,45-53,56,80H,10,17-20,23,26-38H2,1-9H3,(H2,67,84)(H,71,89)(H,72,85)(H,73,88)(H,74,90)(H,75,87)(H,76,86)(H,82,83)(H4,68,69,70)/t42-,45-,46+,47-,48+,49-,50-,51-,52-,53-,56-/m0/s1. The fourth-order valence-electron chi connectivity index (χ4n) is 11.6. The van der Waals surface area contributed by atoms with E-state index in [0.717, 1.165) is 28.2 Å². The Morgan fingerprint density at radius 2 is 1.21 bits per heavy atom. The van der Waals surface area contributed by atoms with Crippen molar-refractivity contribution in [1.29, 1.82) is 0 Å². The average Bonchev–Trinajstić information content (AvgIpc) is 1.60. The number of β-amino-alcohol motifs (C(OH)–C–C–N with tert-alkyl or cyclic N) is 1. The summed E-state index contributed by atoms with van der Waals surface area (Å²) in [5, 5.41) is 37.4. The summed E-state index contributed by atoms with van der Waals surface area (Å²) in [5.74, 6) is -10.4. The van der Waals surface area contributed by atoms with E-state index >= 15 is 0 Å². The average molecular weight is 1290 g/mol. The van der Waals surface area contributed by atoms with Crippen molar-refractivity contribution < 1.29 is 63.0 Å². The maximum absolute atomic E-state index is 15.0. The van der Waals surface area contributed by atoms with Gasteiger partial charge in [-0.3, -0.25) is 57.7 Å². The number of aliphatic imine (C=N–C) groups is 1. The van der Waals surface area contributed by atoms with Crippen LogP contribution in [-0.2, 0) is 65.6 Å². The van der Waals surface area contributed by atoms with Crippen LogP contribution in [0, 0.1) is 29.6 Å². The number of hydrogen-bond acceptors (Lipinski definition) is 13. The van der Waals surface area contributed by atoms with Gasteiger partial charge in [0.05, 0.1) is 18.4 Å². The zero-order valence-corrected chi connectivity index (χ0v) is 55.2. The second kappa shape index (κ2) is 38.0. The van der Waals surface area contributed by atoms with Crippen LogP contribution in [0.5, 0.6) is 0 Å². The van der Waals surface area contributed by atoms with Gasteiger partial charge in [-0.15, -0.1) is 0 Å². The van der Waals surface area contributed by atoms with Gasteiger partial charge in [0.25, 0.3) is 0 Å². The topological polar surface area (TPSA) is 401 Å². The van der Waals surface area contributed by atoms with Crippen molar-refractivity contribution in [1.82, 2.24) is 46.6 Å². The van der Waals surface area contributed by atoms with E-state index in [2.05, 4.69) is 49.0 Å². The molecule has 2 saturated heterocycles. The molecule has 0 radical (unpaired) electrons. The van der Waals surface area contributed by atoms with Crippen molar-refractivity contribution in [3.05, 3.63) is 71.8 Å². The van der Waals surface area contributed by atoms with Crippen molar-refractivity contribution in [2.75, 3.05) is 33.2 Å². The van der Waals surface area contributed by atoms with Gasteiger partial charge in [0, 0.05) is 52.5 Å². The number of primary amides is 1. The fraction of sp³-hybridized carbons (Fsp3) is 0.636. The zero-order chi connectivity index (χ0) is 68.4. The molecule has 14 N–H and O–H groups in total. The smallest absolute Gasteiger partial charge is 0.305 e. The summed E-state index contributed by atoms with van der Waals surface area (Å²) < 4.78 is 0. The summed E-state index contributed by atoms with van der Waals surface area (Å²) in [6.45, 7) is 14.8. The monoisotopic (exact) mass is 1290 g/mol. The largest absolute Gasteiger partial charge is 0.481 e. The number of carbonyl (C=O) groups is 11. The number of piperidine rings is 1. The quantitative estimate of drug-likeness (QED) is 0.0261. The summed E-state index contributed by atoms with van der Waals surface area (Å²) in [6, 6.07) is 8.36. The molecule has 0 saturated carbocycles. The van der Waals surface area contributed by atoms with Crippen LogP contribution in [0.25, 0.3) is 0 Å². The van der Waals surface area contributed by atoms with Gasteiger partial charge in [-0.1, -0.05) is 122 Å². The van der Waals surface area contributed by atoms with Crippen LogP contribution >= 0.6 is 0 Å². The molecule has 2 aliphatic heterocycles. The molecule has 11 atom stereocenters. The molecule has 0 unspecified atom stereocenters. The van der Waals surface area contributed by atoms with E-state index in [1.807, 2.05) is 64.1 Å². The molecule has 0 spiro atoms. The lowest BCUT2D eigenvalue weighted by Crippen LogP contribution is -2.61. The number of rotatable bonds is 37. The number of amides is 10. The lowest BCUT2D eigenvalue weighted by Gasteiger charge is -2.35. The molecule has 4 rings (SSSR count). The van der Waals surface area contributed by atoms with Crippen molar-refractivity contribution in [2.45, 2.75) is 206 Å². The number of benzene rings is 2. The first-order valence-electron chi connectivity index (χ1n) is 32.5. The van der Waals surface area contributed by atoms with Gasteiger partial charge in [0.2, 0.25) is 59.1 Å². The number of nitrogens with one attached hydrogen (secondary N) is 6. The van der Waals surface area contributed by atoms with Crippen molar-refractivity contribution in [3.8, 4) is 0 Å². The van der Waals surface area contributed by atoms with Gasteiger partial charge >= 0.3 is 5.97 Å². The molecule has 2 aromatic carbocycles. The lowest BCUT2D eigenvalue weighted by molar-refractivity contribution is -0.149. The van der Waals surface area contributed by atoms with Crippen LogP contribution < -0.4 is 49.1 Å². The fourth-order valence-corrected chi connectivity index (χ4v) is 11.6. The van der Waals surface area contributed by atoms with Crippen LogP contribution in [0.4, 0.5) is 0 Å². The van der Waals surface area contributed by atoms with Crippen LogP contribution in [0.2, 0.25) is 0 Å². The molecule has 26 nitrogen and oxygen atoms in total. The number of aliphatic carboxylic acids is 1. The molecule has 2 aliphatic rings. The van der Waals surface area contributed by atoms with Crippen molar-refractivity contribution >= 4 is 71.0 Å². The number of carboxylic acids is 1. The first-order valence-corrected chi connectivity index (χ1v) is 32.5. The predicted molar refractivity (Wildman–Crippen MR) is 347 cm³/mol. The van der Waals surface area contributed by atoms with E-state index in [0.29, 0.717) is 38.6 Å². The third-order valence-electron chi connectivity index (χ3n) is 16.7. The number of aryl methyl sites for hydroxylation is 1. The highest BCUT2D eigenvalue weighted by Crippen LogP contribution is 2.26. The summed E-state index contributed by atoms with van der Waals surface area (Å²) in [4.78, 5) is 161. The maximum atomic E-state index is 15.0. The van der Waals surface area contributed by atoms with Crippen LogP contribution in [0.3, 0.4) is 0 Å². The molecule has 10 amide bonds. The second-order valence-corrected chi connectivity index (χ2v) is 25.9. The van der Waals surface area contributed by atoms with E-state index in [-0.39, 0.29) is 94.2 Å². The summed E-state index contributed by atoms with van der Waals surface area (Å²) in [5.41, 5.74) is 18.5. The number of likely N-dealkylation sites (tertiary alicyclic amines) is 2. The molecule has 0 aliphatic carbocycles. The number of likely N-dealkylation sites (N-methyl/N-ethyl adjacent to an activating group) is 1. The number of carbonyl (C=O) groups excluding carboxylic acids is 10. The number of hydrogen-bond donors (Lipinski definition) is 11. The third-order valence-corrected chi connectivity index (χ3v) is 16.7. The minimum absolute atomic E-state index is 0.0278. The number of aliphatic hydroxyl groups excluding tert-OH is 1. The zero-order valence-electron chi connectivity index (χ0n) is 55.2. The highest BCUT2D eigenvalue weighted by molar-refractivity contribution is 5.99. The van der Waals surface area contributed by atoms with Gasteiger partial charge in [-0.05, 0) is 99.0 Å². The number of nitrogens with zero attached hydrogens (tertiary/aromatic N) is 4. The number of nitrogens with two attached hydrogens (primary N) is 3. The molecular formula is C66H103N13O13. The molecule has 2 heterocycles.